The number of aromatic amines is 2. The summed E-state index contributed by atoms with van der Waals surface area (Å²) in [6, 6.07) is 6.96. The molecule has 1 aliphatic rings. The Hall–Kier alpha value is -2.94. The van der Waals surface area contributed by atoms with Crippen molar-refractivity contribution in [2.24, 2.45) is 4.99 Å². The molecule has 1 aromatic carbocycles. The number of nitrogens with one attached hydrogen (secondary N) is 2. The average molecular weight is 328 g/mol. The van der Waals surface area contributed by atoms with Crippen LogP contribution in [0, 0.1) is 0 Å². The number of hydrogen-bond donors (Lipinski definition) is 2. The highest BCUT2D eigenvalue weighted by Gasteiger charge is 2.30. The fraction of sp³-hybridized carbons (Fsp3) is 0.0714. The van der Waals surface area contributed by atoms with Crippen molar-refractivity contribution in [3.05, 3.63) is 62.1 Å². The zero-order valence-electron chi connectivity index (χ0n) is 11.5. The minimum atomic E-state index is -0.698. The van der Waals surface area contributed by atoms with Crippen LogP contribution < -0.4 is 11.3 Å². The van der Waals surface area contributed by atoms with Crippen LogP contribution in [0.5, 0.6) is 0 Å². The number of rotatable bonds is 2. The first kappa shape index (κ1) is 13.7. The fourth-order valence-corrected chi connectivity index (χ4v) is 3.30. The van der Waals surface area contributed by atoms with E-state index in [1.165, 1.54) is 11.8 Å². The third-order valence-electron chi connectivity index (χ3n) is 3.34. The van der Waals surface area contributed by atoms with Crippen molar-refractivity contribution in [1.29, 1.82) is 0 Å². The van der Waals surface area contributed by atoms with Gasteiger partial charge in [-0.05, 0) is 6.07 Å². The first-order valence-electron chi connectivity index (χ1n) is 6.59. The Balaban J connectivity index is 1.80. The molecular formula is C14H8N4O4S. The summed E-state index contributed by atoms with van der Waals surface area (Å²) in [6.45, 7) is 0. The maximum absolute atomic E-state index is 12.0. The monoisotopic (exact) mass is 328 g/mol. The lowest BCUT2D eigenvalue weighted by Crippen LogP contribution is -2.12. The molecule has 3 heterocycles. The van der Waals surface area contributed by atoms with Gasteiger partial charge in [0.05, 0.1) is 5.75 Å². The van der Waals surface area contributed by atoms with Gasteiger partial charge in [0, 0.05) is 10.9 Å². The molecule has 0 radical (unpaired) electrons. The standard InChI is InChI=1S/C14H8N4O4S/c19-11-10-9(6-3-1-2-4-7(6)22-13(10)20)12(16-11)23-5-8-15-14(21)18-17-8/h1-4H,5H2,(H2,15,17,18,21). The highest BCUT2D eigenvalue weighted by molar-refractivity contribution is 8.13. The van der Waals surface area contributed by atoms with Gasteiger partial charge >= 0.3 is 11.3 Å². The molecule has 8 nitrogen and oxygen atoms in total. The number of hydrogen-bond acceptors (Lipinski definition) is 6. The molecule has 1 amide bonds. The Bertz CT molecular complexity index is 1090. The van der Waals surface area contributed by atoms with E-state index in [1.807, 2.05) is 0 Å². The summed E-state index contributed by atoms with van der Waals surface area (Å²) >= 11 is 1.22. The van der Waals surface area contributed by atoms with Crippen molar-refractivity contribution in [1.82, 2.24) is 15.2 Å². The van der Waals surface area contributed by atoms with E-state index in [2.05, 4.69) is 20.2 Å². The highest BCUT2D eigenvalue weighted by Crippen LogP contribution is 2.30. The number of aromatic nitrogens is 3. The number of nitrogens with zero attached hydrogens (tertiary/aromatic N) is 2. The van der Waals surface area contributed by atoms with E-state index in [-0.39, 0.29) is 5.56 Å². The molecule has 0 bridgehead atoms. The summed E-state index contributed by atoms with van der Waals surface area (Å²) in [4.78, 5) is 41.5. The Kier molecular flexibility index (Phi) is 3.01. The van der Waals surface area contributed by atoms with E-state index < -0.39 is 17.2 Å². The molecule has 0 atom stereocenters. The number of amides is 1. The van der Waals surface area contributed by atoms with Gasteiger partial charge in [0.1, 0.15) is 22.0 Å². The molecular weight excluding hydrogens is 320 g/mol. The number of carbonyl (C=O) groups excluding carboxylic acids is 1. The summed E-state index contributed by atoms with van der Waals surface area (Å²) in [5.74, 6) is 0.118. The van der Waals surface area contributed by atoms with Crippen molar-refractivity contribution < 1.29 is 9.21 Å². The Morgan fingerprint density at radius 3 is 2.74 bits per heavy atom. The van der Waals surface area contributed by atoms with Crippen molar-refractivity contribution in [3.63, 3.8) is 0 Å². The third kappa shape index (κ3) is 2.21. The van der Waals surface area contributed by atoms with E-state index in [9.17, 15) is 14.4 Å². The topological polar surface area (TPSA) is 121 Å². The molecule has 0 saturated carbocycles. The quantitative estimate of drug-likeness (QED) is 0.678. The SMILES string of the molecule is O=C1N=C(SCc2n[nH]c(=O)[nH]2)c2c1c(=O)oc1ccccc21. The number of thioether (sulfide) groups is 1. The third-order valence-corrected chi connectivity index (χ3v) is 4.33. The number of carbonyl (C=O) groups is 1. The van der Waals surface area contributed by atoms with Gasteiger partial charge in [-0.1, -0.05) is 30.0 Å². The smallest absolute Gasteiger partial charge is 0.350 e. The minimum Gasteiger partial charge on any atom is -0.422 e. The van der Waals surface area contributed by atoms with Gasteiger partial charge in [-0.15, -0.1) is 0 Å². The van der Waals surface area contributed by atoms with Crippen LogP contribution in [0.25, 0.3) is 11.0 Å². The van der Waals surface area contributed by atoms with Crippen molar-refractivity contribution in [2.75, 3.05) is 0 Å². The van der Waals surface area contributed by atoms with Crippen molar-refractivity contribution in [3.8, 4) is 0 Å². The van der Waals surface area contributed by atoms with E-state index in [0.717, 1.165) is 0 Å². The van der Waals surface area contributed by atoms with E-state index in [4.69, 9.17) is 4.42 Å². The largest absolute Gasteiger partial charge is 0.422 e. The predicted octanol–water partition coefficient (Wildman–Crippen LogP) is 1.04. The first-order chi connectivity index (χ1) is 11.1. The molecule has 23 heavy (non-hydrogen) atoms. The van der Waals surface area contributed by atoms with E-state index in [1.54, 1.807) is 24.3 Å². The van der Waals surface area contributed by atoms with Crippen LogP contribution in [0.2, 0.25) is 0 Å². The van der Waals surface area contributed by atoms with Crippen LogP contribution >= 0.6 is 11.8 Å². The Morgan fingerprint density at radius 2 is 1.96 bits per heavy atom. The van der Waals surface area contributed by atoms with Crippen LogP contribution in [0.4, 0.5) is 0 Å². The lowest BCUT2D eigenvalue weighted by atomic mass is 10.1. The molecule has 3 aromatic rings. The predicted molar refractivity (Wildman–Crippen MR) is 83.9 cm³/mol. The molecule has 4 rings (SSSR count). The molecule has 0 spiro atoms. The maximum atomic E-state index is 12.0. The van der Waals surface area contributed by atoms with Crippen molar-refractivity contribution >= 4 is 33.7 Å². The van der Waals surface area contributed by atoms with Gasteiger partial charge in [0.2, 0.25) is 0 Å². The highest BCUT2D eigenvalue weighted by atomic mass is 32.2. The summed E-state index contributed by atoms with van der Waals surface area (Å²) in [5, 5.41) is 7.12. The summed E-state index contributed by atoms with van der Waals surface area (Å²) in [7, 11) is 0. The minimum absolute atomic E-state index is 0.0540. The second-order valence-corrected chi connectivity index (χ2v) is 5.73. The van der Waals surface area contributed by atoms with Gasteiger partial charge in [-0.3, -0.25) is 9.78 Å². The fourth-order valence-electron chi connectivity index (χ4n) is 2.38. The molecule has 0 fully saturated rings. The van der Waals surface area contributed by atoms with Gasteiger partial charge in [0.25, 0.3) is 5.91 Å². The molecule has 9 heteroatoms. The molecule has 0 aliphatic carbocycles. The molecule has 1 aliphatic heterocycles. The van der Waals surface area contributed by atoms with E-state index in [0.29, 0.717) is 33.2 Å². The van der Waals surface area contributed by atoms with Crippen LogP contribution in [-0.2, 0) is 5.75 Å². The Morgan fingerprint density at radius 1 is 1.13 bits per heavy atom. The number of H-pyrrole nitrogens is 2. The number of para-hydroxylation sites is 1. The molecule has 0 unspecified atom stereocenters. The van der Waals surface area contributed by atoms with Crippen LogP contribution in [0.3, 0.4) is 0 Å². The molecule has 114 valence electrons. The Labute approximate surface area is 131 Å². The van der Waals surface area contributed by atoms with Crippen LogP contribution in [0.1, 0.15) is 21.7 Å². The number of benzene rings is 1. The molecule has 2 N–H and O–H groups in total. The van der Waals surface area contributed by atoms with Gasteiger partial charge in [-0.2, -0.15) is 5.10 Å². The summed E-state index contributed by atoms with van der Waals surface area (Å²) < 4.78 is 5.17. The van der Waals surface area contributed by atoms with Crippen LogP contribution in [0.15, 0.2) is 43.3 Å². The van der Waals surface area contributed by atoms with Crippen molar-refractivity contribution in [2.45, 2.75) is 5.75 Å². The van der Waals surface area contributed by atoms with E-state index >= 15 is 0 Å². The van der Waals surface area contributed by atoms with Gasteiger partial charge in [0.15, 0.2) is 0 Å². The van der Waals surface area contributed by atoms with Gasteiger partial charge in [-0.25, -0.2) is 19.7 Å². The summed E-state index contributed by atoms with van der Waals surface area (Å²) in [5.41, 5.74) is -0.286. The number of aliphatic imine (C=N–C) groups is 1. The summed E-state index contributed by atoms with van der Waals surface area (Å²) in [6.07, 6.45) is 0. The normalized spacial score (nSPS) is 13.4. The zero-order valence-corrected chi connectivity index (χ0v) is 12.3. The lowest BCUT2D eigenvalue weighted by Gasteiger charge is -2.05. The molecule has 2 aromatic heterocycles. The van der Waals surface area contributed by atoms with Crippen LogP contribution in [-0.4, -0.2) is 26.1 Å². The first-order valence-corrected chi connectivity index (χ1v) is 7.57. The lowest BCUT2D eigenvalue weighted by molar-refractivity contribution is 0.100. The second-order valence-electron chi connectivity index (χ2n) is 4.77. The number of fused-ring (bicyclic) bond motifs is 3. The average Bonchev–Trinajstić information content (AvgIpc) is 3.09. The second kappa shape index (κ2) is 5.06. The maximum Gasteiger partial charge on any atom is 0.350 e. The zero-order chi connectivity index (χ0) is 16.0. The molecule has 0 saturated heterocycles. The van der Waals surface area contributed by atoms with Gasteiger partial charge < -0.3 is 4.42 Å².